The van der Waals surface area contributed by atoms with E-state index < -0.39 is 18.1 Å². The van der Waals surface area contributed by atoms with Gasteiger partial charge in [-0.1, -0.05) is 37.2 Å². The number of hydrogen-bond donors (Lipinski definition) is 4. The number of nitrogens with two attached hydrogens (primary N) is 1. The summed E-state index contributed by atoms with van der Waals surface area (Å²) in [6, 6.07) is 18.5. The van der Waals surface area contributed by atoms with Gasteiger partial charge in [0.25, 0.3) is 0 Å². The number of likely N-dealkylation sites (tertiary alicyclic amines) is 2. The molecular formula is C60H75N13O7S. The molecule has 10 heterocycles. The number of piperazine rings is 1. The highest BCUT2D eigenvalue weighted by Crippen LogP contribution is 2.41. The molecule has 5 N–H and O–H groups in total. The Morgan fingerprint density at radius 1 is 0.840 bits per heavy atom. The Hall–Kier alpha value is -6.94. The van der Waals surface area contributed by atoms with Crippen molar-refractivity contribution in [1.82, 2.24) is 45.4 Å². The maximum atomic E-state index is 14.4. The minimum atomic E-state index is -0.827. The fourth-order valence-electron chi connectivity index (χ4n) is 13.3. The highest BCUT2D eigenvalue weighted by atomic mass is 32.1. The number of thiazole rings is 1. The monoisotopic (exact) mass is 1120 g/mol. The van der Waals surface area contributed by atoms with Crippen molar-refractivity contribution in [2.24, 2.45) is 11.8 Å². The van der Waals surface area contributed by atoms with Crippen LogP contribution in [0.3, 0.4) is 0 Å². The van der Waals surface area contributed by atoms with E-state index in [9.17, 15) is 19.8 Å². The van der Waals surface area contributed by atoms with Crippen LogP contribution in [0.4, 0.5) is 23.0 Å². The predicted molar refractivity (Wildman–Crippen MR) is 309 cm³/mol. The number of benzene rings is 1. The van der Waals surface area contributed by atoms with Gasteiger partial charge in [0.05, 0.1) is 57.5 Å². The molecule has 2 bridgehead atoms. The van der Waals surface area contributed by atoms with Crippen molar-refractivity contribution < 1.29 is 33.8 Å². The van der Waals surface area contributed by atoms with Crippen LogP contribution in [0.25, 0.3) is 21.8 Å². The van der Waals surface area contributed by atoms with Crippen molar-refractivity contribution >= 4 is 46.2 Å². The Balaban J connectivity index is 0.564. The van der Waals surface area contributed by atoms with Crippen LogP contribution < -0.4 is 30.5 Å². The average molecular weight is 1120 g/mol. The summed E-state index contributed by atoms with van der Waals surface area (Å²) in [5.74, 6) is 1.62. The molecule has 2 amide bonds. The van der Waals surface area contributed by atoms with Crippen molar-refractivity contribution in [2.45, 2.75) is 140 Å². The number of fused-ring (bicyclic) bond motifs is 2. The molecule has 20 nitrogen and oxygen atoms in total. The number of rotatable bonds is 17. The molecule has 6 aromatic rings. The van der Waals surface area contributed by atoms with Gasteiger partial charge in [-0.3, -0.25) is 14.6 Å². The third-order valence-corrected chi connectivity index (χ3v) is 18.7. The summed E-state index contributed by atoms with van der Waals surface area (Å²) in [7, 11) is 0. The number of carbonyl (C=O) groups is 2. The summed E-state index contributed by atoms with van der Waals surface area (Å²) in [6.45, 7) is 14.2. The number of nitrogen functional groups attached to an aromatic ring is 1. The highest BCUT2D eigenvalue weighted by Gasteiger charge is 2.45. The van der Waals surface area contributed by atoms with Crippen molar-refractivity contribution in [1.29, 1.82) is 0 Å². The van der Waals surface area contributed by atoms with E-state index in [1.165, 1.54) is 16.2 Å². The van der Waals surface area contributed by atoms with Gasteiger partial charge in [0, 0.05) is 107 Å². The van der Waals surface area contributed by atoms with Crippen molar-refractivity contribution in [2.75, 3.05) is 72.8 Å². The average Bonchev–Trinajstić information content (AvgIpc) is 4.28. The lowest BCUT2D eigenvalue weighted by atomic mass is 9.81. The largest absolute Gasteiger partial charge is 0.507 e. The molecule has 428 valence electrons. The predicted octanol–water partition coefficient (Wildman–Crippen LogP) is 7.39. The van der Waals surface area contributed by atoms with Gasteiger partial charge in [-0.25, -0.2) is 9.97 Å². The van der Waals surface area contributed by atoms with Crippen LogP contribution in [0.15, 0.2) is 83.1 Å². The fraction of sp³-hybridized carbons (Fsp3) is 0.533. The number of anilines is 4. The zero-order chi connectivity index (χ0) is 55.9. The first-order valence-electron chi connectivity index (χ1n) is 29.1. The van der Waals surface area contributed by atoms with Gasteiger partial charge in [0.15, 0.2) is 17.4 Å². The van der Waals surface area contributed by atoms with E-state index in [-0.39, 0.29) is 60.8 Å². The number of phenols is 1. The van der Waals surface area contributed by atoms with Gasteiger partial charge < -0.3 is 59.8 Å². The summed E-state index contributed by atoms with van der Waals surface area (Å²) in [6.07, 6.45) is 11.6. The van der Waals surface area contributed by atoms with E-state index >= 15 is 0 Å². The number of β-amino-alcohol motifs (C(OH)–C–C–N with tert-alkyl or cyclic N) is 1. The molecule has 6 aliphatic rings. The smallest absolute Gasteiger partial charge is 0.243 e. The zero-order valence-corrected chi connectivity index (χ0v) is 47.5. The summed E-state index contributed by atoms with van der Waals surface area (Å²) >= 11 is 1.54. The fourth-order valence-corrected chi connectivity index (χ4v) is 14.1. The first-order valence-corrected chi connectivity index (χ1v) is 30.0. The molecule has 1 aliphatic carbocycles. The lowest BCUT2D eigenvalue weighted by Crippen LogP contribution is -2.54. The topological polar surface area (TPSA) is 238 Å². The van der Waals surface area contributed by atoms with Crippen LogP contribution in [0.5, 0.6) is 11.6 Å². The van der Waals surface area contributed by atoms with Crippen LogP contribution in [0, 0.1) is 18.8 Å². The van der Waals surface area contributed by atoms with Gasteiger partial charge in [-0.15, -0.1) is 21.5 Å². The molecule has 5 saturated heterocycles. The number of piperidine rings is 2. The number of hydrogen-bond acceptors (Lipinski definition) is 19. The number of para-hydroxylation sites is 1. The van der Waals surface area contributed by atoms with Crippen LogP contribution in [-0.2, 0) is 14.3 Å². The van der Waals surface area contributed by atoms with Crippen molar-refractivity contribution in [3.05, 3.63) is 95.6 Å². The van der Waals surface area contributed by atoms with E-state index in [0.29, 0.717) is 52.5 Å². The highest BCUT2D eigenvalue weighted by molar-refractivity contribution is 7.13. The molecule has 1 unspecified atom stereocenters. The number of amides is 2. The number of pyridine rings is 2. The Bertz CT molecular complexity index is 3140. The summed E-state index contributed by atoms with van der Waals surface area (Å²) in [5.41, 5.74) is 14.0. The quantitative estimate of drug-likeness (QED) is 0.0697. The number of aromatic hydroxyl groups is 1. The first kappa shape index (κ1) is 54.6. The Kier molecular flexibility index (Phi) is 15.9. The zero-order valence-electron chi connectivity index (χ0n) is 46.7. The maximum Gasteiger partial charge on any atom is 0.243 e. The van der Waals surface area contributed by atoms with E-state index in [1.54, 1.807) is 23.8 Å². The number of aliphatic hydroxyl groups excluding tert-OH is 1. The number of ether oxygens (including phenoxy) is 2. The van der Waals surface area contributed by atoms with E-state index in [0.717, 1.165) is 130 Å². The van der Waals surface area contributed by atoms with E-state index in [4.69, 9.17) is 19.7 Å². The molecule has 6 atom stereocenters. The lowest BCUT2D eigenvalue weighted by molar-refractivity contribution is -0.141. The Morgan fingerprint density at radius 2 is 1.59 bits per heavy atom. The lowest BCUT2D eigenvalue weighted by Gasteiger charge is -2.43. The maximum absolute atomic E-state index is 14.4. The molecule has 5 aromatic heterocycles. The number of nitrogens with zero attached hydrogens (tertiary/aromatic N) is 11. The van der Waals surface area contributed by atoms with Crippen LogP contribution in [-0.4, -0.2) is 157 Å². The third-order valence-electron chi connectivity index (χ3n) is 17.7. The molecule has 0 spiro atoms. The normalized spacial score (nSPS) is 24.4. The minimum absolute atomic E-state index is 0.0665. The molecule has 5 aliphatic heterocycles. The molecule has 12 rings (SSSR count). The second-order valence-electron chi connectivity index (χ2n) is 23.6. The summed E-state index contributed by atoms with van der Waals surface area (Å²) < 4.78 is 19.2. The molecule has 81 heavy (non-hydrogen) atoms. The molecule has 1 saturated carbocycles. The van der Waals surface area contributed by atoms with Gasteiger partial charge >= 0.3 is 0 Å². The Morgan fingerprint density at radius 3 is 2.30 bits per heavy atom. The molecule has 21 heteroatoms. The Labute approximate surface area is 477 Å². The van der Waals surface area contributed by atoms with Crippen LogP contribution in [0.2, 0.25) is 0 Å². The SMILES string of the molecule is Cc1ncsc1-c1ccc([C@H](C)NC(=O)[C@@H]2C[C@@H](O)CN2C(=O)[C@@H](c2cc(N3CCC(OC4CCN(CC5CC(Oc6cc(N7C8CC[C@@H]7CN(c7cc(-c9ccccc9O)nnc7N)C8)ccn6)C5)CC4)CC3)no2)C(C)C)cn1. The van der Waals surface area contributed by atoms with Gasteiger partial charge in [0.1, 0.15) is 23.8 Å². The second-order valence-corrected chi connectivity index (χ2v) is 24.5. The molecule has 6 fully saturated rings. The molecule has 1 aromatic carbocycles. The van der Waals surface area contributed by atoms with Gasteiger partial charge in [0.2, 0.25) is 17.7 Å². The third kappa shape index (κ3) is 11.8. The summed E-state index contributed by atoms with van der Waals surface area (Å²) in [5, 5.41) is 37.4. The van der Waals surface area contributed by atoms with E-state index in [1.807, 2.05) is 70.3 Å². The van der Waals surface area contributed by atoms with Crippen molar-refractivity contribution in [3.8, 4) is 33.5 Å². The number of aliphatic hydroxyl groups is 1. The molecular weight excluding hydrogens is 1050 g/mol. The van der Waals surface area contributed by atoms with Crippen LogP contribution >= 0.6 is 11.3 Å². The number of nitrogens with one attached hydrogen (secondary N) is 1. The number of phenolic OH excluding ortho intramolecular Hbond substituents is 1. The van der Waals surface area contributed by atoms with Crippen LogP contribution in [0.1, 0.15) is 108 Å². The second kappa shape index (κ2) is 23.5. The number of aromatic nitrogens is 6. The van der Waals surface area contributed by atoms with Gasteiger partial charge in [-0.05, 0) is 113 Å². The molecule has 0 radical (unpaired) electrons. The first-order chi connectivity index (χ1) is 39.3. The number of carbonyl (C=O) groups excluding carboxylic acids is 2. The standard InChI is InChI=1S/C60H75N13O7S/c1-35(2)56(60(77)72-33-43(74)26-51(72)59(76)65-36(3)39-9-12-48(63-29-39)57-37(4)64-34-81-57)53-28-54(68-80-53)70-21-16-45(17-22-70)78-44-14-19-69(20-15-44)30-38-23-46(24-38)79-55-25-40(13-18-62-55)73-41-10-11-42(73)32-71(31-41)50-27-49(66-67-58(50)61)47-7-5-6-8-52(47)75/h5-9,12-13,18,25,27-29,34-36,38,41-46,51,56,74-75H,10-11,14-17,19-24,26,30-33H2,1-4H3,(H2,61,67)(H,65,76)/t36-,38?,41+,42?,43+,46?,51-,56+/m0/s1. The summed E-state index contributed by atoms with van der Waals surface area (Å²) in [4.78, 5) is 54.0. The van der Waals surface area contributed by atoms with E-state index in [2.05, 4.69) is 67.4 Å². The minimum Gasteiger partial charge on any atom is -0.507 e. The van der Waals surface area contributed by atoms with Crippen molar-refractivity contribution in [3.63, 3.8) is 0 Å². The van der Waals surface area contributed by atoms with Gasteiger partial charge in [-0.2, -0.15) is 0 Å². The number of aryl methyl sites for hydroxylation is 1.